The number of carbonyl (C=O) groups is 1. The first-order valence-corrected chi connectivity index (χ1v) is 3.81. The predicted molar refractivity (Wildman–Crippen MR) is 48.2 cm³/mol. The Morgan fingerprint density at radius 2 is 2.42 bits per heavy atom. The molecule has 0 unspecified atom stereocenters. The van der Waals surface area contributed by atoms with E-state index in [1.54, 1.807) is 13.1 Å². The number of likely N-dealkylation sites (N-methyl/N-ethyl adjacent to an activating group) is 2. The van der Waals surface area contributed by atoms with Gasteiger partial charge in [-0.1, -0.05) is 6.08 Å². The van der Waals surface area contributed by atoms with Crippen LogP contribution in [0, 0.1) is 0 Å². The van der Waals surface area contributed by atoms with E-state index in [9.17, 15) is 4.79 Å². The highest BCUT2D eigenvalue weighted by Crippen LogP contribution is 1.89. The summed E-state index contributed by atoms with van der Waals surface area (Å²) < 4.78 is 0. The fourth-order valence-electron chi connectivity index (χ4n) is 0.899. The molecule has 4 heteroatoms. The van der Waals surface area contributed by atoms with E-state index < -0.39 is 12.0 Å². The Morgan fingerprint density at radius 1 is 1.83 bits per heavy atom. The third-order valence-electron chi connectivity index (χ3n) is 1.58. The molecule has 0 aliphatic carbocycles. The highest BCUT2D eigenvalue weighted by atomic mass is 16.4. The van der Waals surface area contributed by atoms with Crippen molar-refractivity contribution in [2.24, 2.45) is 0 Å². The van der Waals surface area contributed by atoms with Crippen molar-refractivity contribution in [1.82, 2.24) is 10.2 Å². The van der Waals surface area contributed by atoms with Crippen molar-refractivity contribution in [2.75, 3.05) is 27.2 Å². The maximum atomic E-state index is 10.6. The Kier molecular flexibility index (Phi) is 5.32. The van der Waals surface area contributed by atoms with E-state index in [2.05, 4.69) is 11.9 Å². The Balaban J connectivity index is 3.84. The Bertz CT molecular complexity index is 159. The first-order valence-electron chi connectivity index (χ1n) is 3.81. The molecule has 0 spiro atoms. The Morgan fingerprint density at radius 3 is 2.75 bits per heavy atom. The van der Waals surface area contributed by atoms with Crippen LogP contribution in [0.1, 0.15) is 0 Å². The molecule has 0 radical (unpaired) electrons. The summed E-state index contributed by atoms with van der Waals surface area (Å²) in [6, 6.07) is -0.505. The van der Waals surface area contributed by atoms with E-state index in [-0.39, 0.29) is 0 Å². The van der Waals surface area contributed by atoms with Gasteiger partial charge in [0.05, 0.1) is 0 Å². The quantitative estimate of drug-likeness (QED) is 0.544. The van der Waals surface area contributed by atoms with Crippen LogP contribution in [0.3, 0.4) is 0 Å². The molecular formula is C8H16N2O2. The topological polar surface area (TPSA) is 52.6 Å². The van der Waals surface area contributed by atoms with Crippen molar-refractivity contribution >= 4 is 5.97 Å². The van der Waals surface area contributed by atoms with Gasteiger partial charge in [0.25, 0.3) is 0 Å². The molecule has 4 nitrogen and oxygen atoms in total. The van der Waals surface area contributed by atoms with Gasteiger partial charge in [0.15, 0.2) is 0 Å². The van der Waals surface area contributed by atoms with Gasteiger partial charge in [-0.15, -0.1) is 6.58 Å². The monoisotopic (exact) mass is 172 g/mol. The number of rotatable bonds is 6. The molecule has 12 heavy (non-hydrogen) atoms. The SMILES string of the molecule is C=CCN(C)C[C@H](NC)C(=O)O. The molecule has 0 rings (SSSR count). The molecular weight excluding hydrogens is 156 g/mol. The molecule has 0 saturated heterocycles. The third-order valence-corrected chi connectivity index (χ3v) is 1.58. The van der Waals surface area contributed by atoms with Gasteiger partial charge in [0.2, 0.25) is 0 Å². The molecule has 0 aromatic heterocycles. The van der Waals surface area contributed by atoms with Gasteiger partial charge < -0.3 is 15.3 Å². The summed E-state index contributed by atoms with van der Waals surface area (Å²) in [5.41, 5.74) is 0. The molecule has 0 saturated carbocycles. The van der Waals surface area contributed by atoms with E-state index in [1.165, 1.54) is 0 Å². The van der Waals surface area contributed by atoms with Crippen molar-refractivity contribution in [2.45, 2.75) is 6.04 Å². The highest BCUT2D eigenvalue weighted by molar-refractivity contribution is 5.73. The maximum Gasteiger partial charge on any atom is 0.322 e. The van der Waals surface area contributed by atoms with Gasteiger partial charge in [0.1, 0.15) is 6.04 Å². The Labute approximate surface area is 72.9 Å². The van der Waals surface area contributed by atoms with Crippen LogP contribution in [-0.4, -0.2) is 49.2 Å². The number of hydrogen-bond donors (Lipinski definition) is 2. The number of hydrogen-bond acceptors (Lipinski definition) is 3. The number of carboxylic acids is 1. The van der Waals surface area contributed by atoms with Crippen LogP contribution in [0.25, 0.3) is 0 Å². The summed E-state index contributed by atoms with van der Waals surface area (Å²) in [6.45, 7) is 4.75. The summed E-state index contributed by atoms with van der Waals surface area (Å²) in [4.78, 5) is 12.4. The molecule has 0 aliphatic heterocycles. The zero-order chi connectivity index (χ0) is 9.56. The van der Waals surface area contributed by atoms with Crippen LogP contribution in [-0.2, 0) is 4.79 Å². The number of nitrogens with zero attached hydrogens (tertiary/aromatic N) is 1. The fraction of sp³-hybridized carbons (Fsp3) is 0.625. The van der Waals surface area contributed by atoms with Crippen molar-refractivity contribution < 1.29 is 9.90 Å². The van der Waals surface area contributed by atoms with Crippen molar-refractivity contribution in [1.29, 1.82) is 0 Å². The lowest BCUT2D eigenvalue weighted by molar-refractivity contribution is -0.139. The van der Waals surface area contributed by atoms with Crippen LogP contribution < -0.4 is 5.32 Å². The van der Waals surface area contributed by atoms with Gasteiger partial charge in [-0.2, -0.15) is 0 Å². The Hall–Kier alpha value is -0.870. The second-order valence-corrected chi connectivity index (χ2v) is 2.69. The summed E-state index contributed by atoms with van der Waals surface area (Å²) >= 11 is 0. The molecule has 0 aromatic carbocycles. The summed E-state index contributed by atoms with van der Waals surface area (Å²) in [6.07, 6.45) is 1.74. The zero-order valence-electron chi connectivity index (χ0n) is 7.58. The van der Waals surface area contributed by atoms with E-state index in [4.69, 9.17) is 5.11 Å². The minimum absolute atomic E-state index is 0.484. The third kappa shape index (κ3) is 4.10. The van der Waals surface area contributed by atoms with Crippen LogP contribution >= 0.6 is 0 Å². The van der Waals surface area contributed by atoms with E-state index >= 15 is 0 Å². The highest BCUT2D eigenvalue weighted by Gasteiger charge is 2.15. The largest absolute Gasteiger partial charge is 0.480 e. The van der Waals surface area contributed by atoms with Gasteiger partial charge >= 0.3 is 5.97 Å². The zero-order valence-corrected chi connectivity index (χ0v) is 7.58. The van der Waals surface area contributed by atoms with Gasteiger partial charge in [-0.05, 0) is 14.1 Å². The standard InChI is InChI=1S/C8H16N2O2/c1-4-5-10(3)6-7(9-2)8(11)12/h4,7,9H,1,5-6H2,2-3H3,(H,11,12)/t7-/m0/s1. The average Bonchev–Trinajstić information content (AvgIpc) is 2.00. The molecule has 0 bridgehead atoms. The molecule has 0 amide bonds. The number of nitrogens with one attached hydrogen (secondary N) is 1. The molecule has 0 aliphatic rings. The van der Waals surface area contributed by atoms with Crippen LogP contribution in [0.4, 0.5) is 0 Å². The van der Waals surface area contributed by atoms with Crippen LogP contribution in [0.15, 0.2) is 12.7 Å². The van der Waals surface area contributed by atoms with Gasteiger partial charge in [0, 0.05) is 13.1 Å². The minimum Gasteiger partial charge on any atom is -0.480 e. The van der Waals surface area contributed by atoms with E-state index in [0.29, 0.717) is 13.1 Å². The average molecular weight is 172 g/mol. The minimum atomic E-state index is -0.826. The predicted octanol–water partition coefficient (Wildman–Crippen LogP) is -0.223. The first kappa shape index (κ1) is 11.1. The second-order valence-electron chi connectivity index (χ2n) is 2.69. The molecule has 0 heterocycles. The fourth-order valence-corrected chi connectivity index (χ4v) is 0.899. The smallest absolute Gasteiger partial charge is 0.322 e. The van der Waals surface area contributed by atoms with Crippen molar-refractivity contribution in [3.63, 3.8) is 0 Å². The van der Waals surface area contributed by atoms with Crippen LogP contribution in [0.5, 0.6) is 0 Å². The van der Waals surface area contributed by atoms with Crippen molar-refractivity contribution in [3.8, 4) is 0 Å². The first-order chi connectivity index (χ1) is 5.61. The lowest BCUT2D eigenvalue weighted by atomic mass is 10.3. The maximum absolute atomic E-state index is 10.6. The van der Waals surface area contributed by atoms with Crippen molar-refractivity contribution in [3.05, 3.63) is 12.7 Å². The lowest BCUT2D eigenvalue weighted by Gasteiger charge is -2.19. The normalized spacial score (nSPS) is 12.9. The van der Waals surface area contributed by atoms with E-state index in [0.717, 1.165) is 0 Å². The molecule has 70 valence electrons. The molecule has 2 N–H and O–H groups in total. The summed E-state index contributed by atoms with van der Waals surface area (Å²) in [7, 11) is 3.50. The molecule has 0 aromatic rings. The lowest BCUT2D eigenvalue weighted by Crippen LogP contribution is -2.43. The molecule has 0 fully saturated rings. The second kappa shape index (κ2) is 5.74. The molecule has 1 atom stereocenters. The van der Waals surface area contributed by atoms with Gasteiger partial charge in [-0.25, -0.2) is 0 Å². The number of carboxylic acid groups (broad SMARTS) is 1. The van der Waals surface area contributed by atoms with Gasteiger partial charge in [-0.3, -0.25) is 4.79 Å². The summed E-state index contributed by atoms with van der Waals surface area (Å²) in [5.74, 6) is -0.826. The summed E-state index contributed by atoms with van der Waals surface area (Å²) in [5, 5.41) is 11.4. The van der Waals surface area contributed by atoms with Crippen LogP contribution in [0.2, 0.25) is 0 Å². The number of aliphatic carboxylic acids is 1. The van der Waals surface area contributed by atoms with E-state index in [1.807, 2.05) is 11.9 Å².